The molecular weight excluding hydrogens is 407 g/mol. The summed E-state index contributed by atoms with van der Waals surface area (Å²) >= 11 is 0. The topological polar surface area (TPSA) is 56.3 Å². The Morgan fingerprint density at radius 3 is 2.52 bits per heavy atom. The smallest absolute Gasteiger partial charge is 0.155 e. The van der Waals surface area contributed by atoms with E-state index in [0.717, 1.165) is 48.9 Å². The first kappa shape index (κ1) is 19.5. The van der Waals surface area contributed by atoms with Crippen molar-refractivity contribution in [2.75, 3.05) is 12.4 Å². The molecule has 3 fully saturated rings. The maximum absolute atomic E-state index is 15.1. The van der Waals surface area contributed by atoms with Crippen LogP contribution in [0.2, 0.25) is 0 Å². The second-order valence-corrected chi connectivity index (χ2v) is 9.20. The number of fused-ring (bicyclic) bond motifs is 4. The molecule has 2 bridgehead atoms. The van der Waals surface area contributed by atoms with Crippen LogP contribution in [-0.4, -0.2) is 35.6 Å². The highest BCUT2D eigenvalue weighted by Crippen LogP contribution is 2.51. The van der Waals surface area contributed by atoms with Crippen LogP contribution < -0.4 is 5.32 Å². The van der Waals surface area contributed by atoms with Gasteiger partial charge in [-0.2, -0.15) is 0 Å². The van der Waals surface area contributed by atoms with E-state index in [9.17, 15) is 4.39 Å². The van der Waals surface area contributed by atoms with Gasteiger partial charge in [-0.25, -0.2) is 13.2 Å². The van der Waals surface area contributed by atoms with Crippen LogP contribution >= 0.6 is 0 Å². The van der Waals surface area contributed by atoms with E-state index in [4.69, 9.17) is 9.47 Å². The lowest BCUT2D eigenvalue weighted by molar-refractivity contribution is 0.0261. The molecule has 0 unspecified atom stereocenters. The summed E-state index contributed by atoms with van der Waals surface area (Å²) in [5.74, 6) is -0.990. The second kappa shape index (κ2) is 6.90. The highest BCUT2D eigenvalue weighted by atomic mass is 19.1. The van der Waals surface area contributed by atoms with Gasteiger partial charge in [-0.3, -0.25) is 0 Å². The number of hydrogen-bond donors (Lipinski definition) is 1. The number of halogens is 3. The van der Waals surface area contributed by atoms with Gasteiger partial charge in [0.1, 0.15) is 23.0 Å². The van der Waals surface area contributed by atoms with Crippen LogP contribution in [0.4, 0.5) is 19.0 Å². The zero-order valence-electron chi connectivity index (χ0n) is 17.3. The lowest BCUT2D eigenvalue weighted by Crippen LogP contribution is -2.44. The van der Waals surface area contributed by atoms with Gasteiger partial charge in [0.25, 0.3) is 0 Å². The van der Waals surface area contributed by atoms with Gasteiger partial charge in [-0.05, 0) is 61.8 Å². The third-order valence-electron chi connectivity index (χ3n) is 7.30. The van der Waals surface area contributed by atoms with Crippen LogP contribution in [0.3, 0.4) is 0 Å². The average Bonchev–Trinajstić information content (AvgIpc) is 3.37. The average molecular weight is 431 g/mol. The van der Waals surface area contributed by atoms with E-state index in [1.165, 1.54) is 0 Å². The molecule has 4 aliphatic rings. The van der Waals surface area contributed by atoms with Gasteiger partial charge in [0.15, 0.2) is 5.82 Å². The first-order chi connectivity index (χ1) is 15.0. The zero-order valence-corrected chi connectivity index (χ0v) is 17.3. The molecule has 1 saturated heterocycles. The summed E-state index contributed by atoms with van der Waals surface area (Å²) in [6, 6.07) is 2.34. The molecule has 164 valence electrons. The zero-order chi connectivity index (χ0) is 21.3. The third kappa shape index (κ3) is 3.06. The fourth-order valence-corrected chi connectivity index (χ4v) is 5.19. The normalized spacial score (nSPS) is 29.9. The van der Waals surface area contributed by atoms with E-state index in [1.807, 2.05) is 0 Å². The summed E-state index contributed by atoms with van der Waals surface area (Å²) in [5, 5.41) is 12.0. The first-order valence-electron chi connectivity index (χ1n) is 11.0. The molecule has 0 amide bonds. The summed E-state index contributed by atoms with van der Waals surface area (Å²) in [5.41, 5.74) is 0.0347. The summed E-state index contributed by atoms with van der Waals surface area (Å²) in [6.45, 7) is 0. The highest BCUT2D eigenvalue weighted by molar-refractivity contribution is 5.70. The monoisotopic (exact) mass is 431 g/mol. The molecule has 2 aliphatic heterocycles. The summed E-state index contributed by atoms with van der Waals surface area (Å²) in [4.78, 5) is 0. The predicted octanol–water partition coefficient (Wildman–Crippen LogP) is 4.75. The van der Waals surface area contributed by atoms with Crippen molar-refractivity contribution in [3.8, 4) is 11.3 Å². The largest absolute Gasteiger partial charge is 0.379 e. The molecule has 0 radical (unpaired) electrons. The Bertz CT molecular complexity index is 1030. The highest BCUT2D eigenvalue weighted by Gasteiger charge is 2.46. The fourth-order valence-electron chi connectivity index (χ4n) is 5.19. The number of rotatable bonds is 5. The number of anilines is 1. The van der Waals surface area contributed by atoms with E-state index < -0.39 is 17.3 Å². The van der Waals surface area contributed by atoms with Crippen LogP contribution in [0.5, 0.6) is 0 Å². The van der Waals surface area contributed by atoms with E-state index in [2.05, 4.69) is 15.5 Å². The van der Waals surface area contributed by atoms with Crippen LogP contribution in [0.15, 0.2) is 12.1 Å². The molecule has 3 heterocycles. The van der Waals surface area contributed by atoms with Gasteiger partial charge in [0.05, 0.1) is 29.9 Å². The molecule has 2 aliphatic carbocycles. The molecule has 1 aromatic heterocycles. The minimum absolute atomic E-state index is 0.00898. The molecule has 4 atom stereocenters. The van der Waals surface area contributed by atoms with E-state index >= 15 is 8.78 Å². The molecule has 0 spiro atoms. The second-order valence-electron chi connectivity index (χ2n) is 9.20. The number of benzene rings is 1. The van der Waals surface area contributed by atoms with Gasteiger partial charge in [-0.15, -0.1) is 10.2 Å². The van der Waals surface area contributed by atoms with Crippen molar-refractivity contribution in [1.82, 2.24) is 10.2 Å². The lowest BCUT2D eigenvalue weighted by Gasteiger charge is -2.37. The Balaban J connectivity index is 1.45. The number of ether oxygens (including phenoxy) is 2. The molecule has 5 nitrogen and oxygen atoms in total. The number of hydrogen-bond acceptors (Lipinski definition) is 5. The Morgan fingerprint density at radius 2 is 1.87 bits per heavy atom. The van der Waals surface area contributed by atoms with Crippen molar-refractivity contribution in [1.29, 1.82) is 0 Å². The van der Waals surface area contributed by atoms with E-state index in [1.54, 1.807) is 7.11 Å². The van der Waals surface area contributed by atoms with Crippen molar-refractivity contribution in [3.63, 3.8) is 0 Å². The van der Waals surface area contributed by atoms with Crippen molar-refractivity contribution < 1.29 is 22.6 Å². The molecule has 1 aromatic carbocycles. The molecule has 31 heavy (non-hydrogen) atoms. The van der Waals surface area contributed by atoms with Crippen LogP contribution in [0.1, 0.15) is 61.3 Å². The van der Waals surface area contributed by atoms with Gasteiger partial charge in [0, 0.05) is 19.1 Å². The number of nitrogens with zero attached hydrogens (tertiary/aromatic N) is 2. The van der Waals surface area contributed by atoms with Gasteiger partial charge in [0.2, 0.25) is 0 Å². The molecule has 2 saturated carbocycles. The summed E-state index contributed by atoms with van der Waals surface area (Å²) < 4.78 is 56.1. The minimum atomic E-state index is -1.60. The maximum atomic E-state index is 15.1. The number of alkyl halides is 1. The van der Waals surface area contributed by atoms with Crippen LogP contribution in [-0.2, 0) is 21.6 Å². The molecule has 2 aromatic rings. The number of aromatic nitrogens is 2. The van der Waals surface area contributed by atoms with Crippen molar-refractivity contribution >= 4 is 5.82 Å². The number of methoxy groups -OCH3 is 1. The first-order valence-corrected chi connectivity index (χ1v) is 11.0. The Hall–Kier alpha value is -2.19. The number of nitrogens with one attached hydrogen (secondary N) is 1. The lowest BCUT2D eigenvalue weighted by atomic mass is 9.88. The van der Waals surface area contributed by atoms with Crippen molar-refractivity contribution in [3.05, 3.63) is 40.5 Å². The molecule has 6 rings (SSSR count). The molecule has 1 N–H and O–H groups in total. The Morgan fingerprint density at radius 1 is 1.10 bits per heavy atom. The SMILES string of the molecule is CO[C@@H]1CC[C@H]1Nc1nnc(-c2c(F)cc(C3(F)CC3)cc2F)c2c1[C@H]1CC[C@@H](C2)O1. The molecular formula is C23H24F3N3O2. The third-order valence-corrected chi connectivity index (χ3v) is 7.30. The van der Waals surface area contributed by atoms with Crippen LogP contribution in [0.25, 0.3) is 11.3 Å². The van der Waals surface area contributed by atoms with Crippen molar-refractivity contribution in [2.24, 2.45) is 0 Å². The quantitative estimate of drug-likeness (QED) is 0.741. The maximum Gasteiger partial charge on any atom is 0.155 e. The standard InChI is InChI=1S/C23H24F3N3O2/c1-30-17-5-3-16(17)27-22-19-13(10-12-2-4-18(19)31-12)21(28-29-22)20-14(24)8-11(9-15(20)25)23(26)6-7-23/h8-9,12,16-18H,2-7,10H2,1H3,(H,27,29)/t12-,16+,17+,18+/m0/s1. The summed E-state index contributed by atoms with van der Waals surface area (Å²) in [6.07, 6.45) is 4.72. The van der Waals surface area contributed by atoms with E-state index in [-0.39, 0.29) is 41.2 Å². The summed E-state index contributed by atoms with van der Waals surface area (Å²) in [7, 11) is 1.69. The molecule has 8 heteroatoms. The van der Waals surface area contributed by atoms with E-state index in [0.29, 0.717) is 25.1 Å². The minimum Gasteiger partial charge on any atom is -0.379 e. The van der Waals surface area contributed by atoms with Crippen molar-refractivity contribution in [2.45, 2.75) is 75.0 Å². The van der Waals surface area contributed by atoms with Gasteiger partial charge >= 0.3 is 0 Å². The fraction of sp³-hybridized carbons (Fsp3) is 0.565. The van der Waals surface area contributed by atoms with Gasteiger partial charge in [-0.1, -0.05) is 0 Å². The predicted molar refractivity (Wildman–Crippen MR) is 107 cm³/mol. The Kier molecular flexibility index (Phi) is 4.34. The van der Waals surface area contributed by atoms with Crippen LogP contribution in [0, 0.1) is 11.6 Å². The van der Waals surface area contributed by atoms with Gasteiger partial charge < -0.3 is 14.8 Å². The Labute approximate surface area is 178 Å².